The molecule has 0 aliphatic carbocycles. The van der Waals surface area contributed by atoms with E-state index in [-0.39, 0.29) is 5.91 Å². The van der Waals surface area contributed by atoms with Gasteiger partial charge in [-0.2, -0.15) is 0 Å². The number of hydrogen-bond donors (Lipinski definition) is 1. The van der Waals surface area contributed by atoms with Gasteiger partial charge in [0, 0.05) is 22.9 Å². The zero-order chi connectivity index (χ0) is 13.2. The Morgan fingerprint density at radius 2 is 2.05 bits per heavy atom. The minimum Gasteiger partial charge on any atom is -0.365 e. The van der Waals surface area contributed by atoms with Crippen LogP contribution in [0.4, 0.5) is 0 Å². The molecule has 0 aliphatic heterocycles. The maximum Gasteiger partial charge on any atom is 0.258 e. The smallest absolute Gasteiger partial charge is 0.258 e. The number of amides is 1. The molecule has 0 radical (unpaired) electrons. The molecule has 0 bridgehead atoms. The van der Waals surface area contributed by atoms with E-state index in [2.05, 4.69) is 17.1 Å². The Bertz CT molecular complexity index is 743. The fourth-order valence-electron chi connectivity index (χ4n) is 2.11. The number of rotatable bonds is 3. The first-order valence-electron chi connectivity index (χ1n) is 5.95. The summed E-state index contributed by atoms with van der Waals surface area (Å²) in [6.45, 7) is 0. The van der Waals surface area contributed by atoms with Gasteiger partial charge in [-0.1, -0.05) is 18.2 Å². The summed E-state index contributed by atoms with van der Waals surface area (Å²) in [6, 6.07) is 13.9. The Labute approximate surface area is 114 Å². The number of nitrogens with zero attached hydrogens (tertiary/aromatic N) is 1. The summed E-state index contributed by atoms with van der Waals surface area (Å²) in [5, 5.41) is 1.15. The molecule has 3 nitrogen and oxygen atoms in total. The van der Waals surface area contributed by atoms with Gasteiger partial charge in [-0.15, -0.1) is 11.3 Å². The molecule has 2 heterocycles. The molecular formula is C15H12N2OS. The van der Waals surface area contributed by atoms with Crippen molar-refractivity contribution < 1.29 is 4.79 Å². The molecule has 0 unspecified atom stereocenters. The molecule has 94 valence electrons. The highest BCUT2D eigenvalue weighted by atomic mass is 32.1. The van der Waals surface area contributed by atoms with Crippen LogP contribution in [0, 0.1) is 0 Å². The molecule has 3 aromatic rings. The van der Waals surface area contributed by atoms with Crippen LogP contribution < -0.4 is 5.73 Å². The van der Waals surface area contributed by atoms with E-state index in [0.717, 1.165) is 22.2 Å². The molecule has 0 fully saturated rings. The number of carbonyl (C=O) groups is 1. The number of primary amides is 1. The number of pyridine rings is 1. The van der Waals surface area contributed by atoms with Gasteiger partial charge in [0.25, 0.3) is 5.91 Å². The third kappa shape index (κ3) is 2.35. The summed E-state index contributed by atoms with van der Waals surface area (Å²) >= 11 is 1.45. The standard InChI is InChI=1S/C15H12N2OS/c16-15(18)14-7-6-11(19-14)9-10-3-1-5-13-12(10)4-2-8-17-13/h1-8H,9H2,(H2,16,18). The molecule has 1 amide bonds. The summed E-state index contributed by atoms with van der Waals surface area (Å²) in [5.41, 5.74) is 7.48. The van der Waals surface area contributed by atoms with E-state index >= 15 is 0 Å². The first-order valence-corrected chi connectivity index (χ1v) is 6.77. The second-order valence-electron chi connectivity index (χ2n) is 4.29. The van der Waals surface area contributed by atoms with E-state index in [1.807, 2.05) is 24.3 Å². The number of aromatic nitrogens is 1. The van der Waals surface area contributed by atoms with Crippen LogP contribution in [-0.2, 0) is 6.42 Å². The minimum absolute atomic E-state index is 0.365. The maximum absolute atomic E-state index is 11.1. The first kappa shape index (κ1) is 11.9. The number of hydrogen-bond acceptors (Lipinski definition) is 3. The van der Waals surface area contributed by atoms with Crippen LogP contribution in [0.1, 0.15) is 20.1 Å². The van der Waals surface area contributed by atoms with E-state index in [9.17, 15) is 4.79 Å². The summed E-state index contributed by atoms with van der Waals surface area (Å²) in [5.74, 6) is -0.365. The van der Waals surface area contributed by atoms with E-state index < -0.39 is 0 Å². The van der Waals surface area contributed by atoms with Crippen molar-refractivity contribution in [1.29, 1.82) is 0 Å². The van der Waals surface area contributed by atoms with Crippen molar-refractivity contribution in [2.75, 3.05) is 0 Å². The van der Waals surface area contributed by atoms with Crippen LogP contribution in [0.25, 0.3) is 10.9 Å². The van der Waals surface area contributed by atoms with E-state index in [1.165, 1.54) is 16.9 Å². The first-order chi connectivity index (χ1) is 9.24. The molecule has 1 aromatic carbocycles. The second kappa shape index (κ2) is 4.82. The van der Waals surface area contributed by atoms with Crippen molar-refractivity contribution in [1.82, 2.24) is 4.98 Å². The summed E-state index contributed by atoms with van der Waals surface area (Å²) in [7, 11) is 0. The van der Waals surface area contributed by atoms with Crippen LogP contribution in [0.15, 0.2) is 48.7 Å². The SMILES string of the molecule is NC(=O)c1ccc(Cc2cccc3ncccc23)s1. The summed E-state index contributed by atoms with van der Waals surface area (Å²) < 4.78 is 0. The topological polar surface area (TPSA) is 56.0 Å². The molecule has 3 rings (SSSR count). The highest BCUT2D eigenvalue weighted by molar-refractivity contribution is 7.14. The van der Waals surface area contributed by atoms with Crippen LogP contribution in [0.3, 0.4) is 0 Å². The van der Waals surface area contributed by atoms with Crippen LogP contribution >= 0.6 is 11.3 Å². The van der Waals surface area contributed by atoms with Crippen molar-refractivity contribution in [2.24, 2.45) is 5.73 Å². The second-order valence-corrected chi connectivity index (χ2v) is 5.46. The van der Waals surface area contributed by atoms with Gasteiger partial charge in [-0.3, -0.25) is 9.78 Å². The van der Waals surface area contributed by atoms with Gasteiger partial charge in [0.15, 0.2) is 0 Å². The van der Waals surface area contributed by atoms with Gasteiger partial charge >= 0.3 is 0 Å². The van der Waals surface area contributed by atoms with Gasteiger partial charge in [0.2, 0.25) is 0 Å². The molecule has 0 saturated heterocycles. The molecule has 19 heavy (non-hydrogen) atoms. The zero-order valence-electron chi connectivity index (χ0n) is 10.2. The van der Waals surface area contributed by atoms with Crippen molar-refractivity contribution in [2.45, 2.75) is 6.42 Å². The van der Waals surface area contributed by atoms with Crippen molar-refractivity contribution in [3.8, 4) is 0 Å². The molecule has 2 N–H and O–H groups in total. The molecular weight excluding hydrogens is 256 g/mol. The molecule has 4 heteroatoms. The number of nitrogens with two attached hydrogens (primary N) is 1. The Balaban J connectivity index is 1.98. The molecule has 0 aliphatic rings. The van der Waals surface area contributed by atoms with Crippen molar-refractivity contribution >= 4 is 28.1 Å². The van der Waals surface area contributed by atoms with E-state index in [0.29, 0.717) is 4.88 Å². The summed E-state index contributed by atoms with van der Waals surface area (Å²) in [6.07, 6.45) is 2.59. The number of benzene rings is 1. The lowest BCUT2D eigenvalue weighted by Crippen LogP contribution is -2.08. The number of thiophene rings is 1. The average Bonchev–Trinajstić information content (AvgIpc) is 2.88. The predicted molar refractivity (Wildman–Crippen MR) is 77.4 cm³/mol. The molecule has 0 spiro atoms. The van der Waals surface area contributed by atoms with Gasteiger partial charge in [0.05, 0.1) is 10.4 Å². The third-order valence-electron chi connectivity index (χ3n) is 3.01. The van der Waals surface area contributed by atoms with E-state index in [1.54, 1.807) is 12.3 Å². The maximum atomic E-state index is 11.1. The van der Waals surface area contributed by atoms with Crippen LogP contribution in [0.2, 0.25) is 0 Å². The monoisotopic (exact) mass is 268 g/mol. The van der Waals surface area contributed by atoms with Crippen molar-refractivity contribution in [3.05, 3.63) is 64.0 Å². The highest BCUT2D eigenvalue weighted by Crippen LogP contribution is 2.23. The fourth-order valence-corrected chi connectivity index (χ4v) is 3.00. The summed E-state index contributed by atoms with van der Waals surface area (Å²) in [4.78, 5) is 17.2. The fraction of sp³-hybridized carbons (Fsp3) is 0.0667. The highest BCUT2D eigenvalue weighted by Gasteiger charge is 2.07. The Morgan fingerprint density at radius 3 is 2.84 bits per heavy atom. The minimum atomic E-state index is -0.365. The predicted octanol–water partition coefficient (Wildman–Crippen LogP) is 2.99. The Morgan fingerprint density at radius 1 is 1.16 bits per heavy atom. The van der Waals surface area contributed by atoms with Crippen molar-refractivity contribution in [3.63, 3.8) is 0 Å². The number of carbonyl (C=O) groups excluding carboxylic acids is 1. The zero-order valence-corrected chi connectivity index (χ0v) is 11.0. The largest absolute Gasteiger partial charge is 0.365 e. The normalized spacial score (nSPS) is 10.7. The average molecular weight is 268 g/mol. The lowest BCUT2D eigenvalue weighted by Gasteiger charge is -2.04. The van der Waals surface area contributed by atoms with Gasteiger partial charge in [-0.25, -0.2) is 0 Å². The van der Waals surface area contributed by atoms with E-state index in [4.69, 9.17) is 5.73 Å². The van der Waals surface area contributed by atoms with Gasteiger partial charge < -0.3 is 5.73 Å². The molecule has 2 aromatic heterocycles. The number of fused-ring (bicyclic) bond motifs is 1. The Hall–Kier alpha value is -2.20. The third-order valence-corrected chi connectivity index (χ3v) is 4.10. The lowest BCUT2D eigenvalue weighted by atomic mass is 10.0. The quantitative estimate of drug-likeness (QED) is 0.794. The van der Waals surface area contributed by atoms with Gasteiger partial charge in [-0.05, 0) is 29.8 Å². The Kier molecular flexibility index (Phi) is 3.01. The van der Waals surface area contributed by atoms with Crippen LogP contribution in [-0.4, -0.2) is 10.9 Å². The molecule has 0 saturated carbocycles. The lowest BCUT2D eigenvalue weighted by molar-refractivity contribution is 0.100. The van der Waals surface area contributed by atoms with Gasteiger partial charge in [0.1, 0.15) is 0 Å². The molecule has 0 atom stereocenters. The van der Waals surface area contributed by atoms with Crippen LogP contribution in [0.5, 0.6) is 0 Å².